The van der Waals surface area contributed by atoms with E-state index in [1.54, 1.807) is 0 Å². The van der Waals surface area contributed by atoms with Crippen LogP contribution in [0.15, 0.2) is 36.4 Å². The fraction of sp³-hybridized carbons (Fsp3) is 0.385. The van der Waals surface area contributed by atoms with Gasteiger partial charge in [0.2, 0.25) is 0 Å². The summed E-state index contributed by atoms with van der Waals surface area (Å²) in [6.07, 6.45) is 5.15. The zero-order valence-corrected chi connectivity index (χ0v) is 10.0. The number of hydrogen-bond donors (Lipinski definition) is 0. The Hall–Kier alpha value is -0.820. The van der Waals surface area contributed by atoms with Crippen LogP contribution in [0.4, 0.5) is 0 Å². The molecule has 0 nitrogen and oxygen atoms in total. The first-order valence-electron chi connectivity index (χ1n) is 5.04. The van der Waals surface area contributed by atoms with Crippen molar-refractivity contribution in [1.82, 2.24) is 0 Å². The van der Waals surface area contributed by atoms with Gasteiger partial charge in [-0.1, -0.05) is 31.2 Å². The van der Waals surface area contributed by atoms with Gasteiger partial charge in [0, 0.05) is 15.7 Å². The van der Waals surface area contributed by atoms with Gasteiger partial charge in [-0.2, -0.15) is 0 Å². The van der Waals surface area contributed by atoms with E-state index in [0.717, 1.165) is 6.42 Å². The third-order valence-electron chi connectivity index (χ3n) is 2.44. The van der Waals surface area contributed by atoms with E-state index in [1.165, 1.54) is 15.3 Å². The average molecular weight is 206 g/mol. The highest BCUT2D eigenvalue weighted by atomic mass is 32.1. The molecule has 1 atom stereocenters. The maximum Gasteiger partial charge on any atom is 0.0140 e. The molecule has 0 fully saturated rings. The second kappa shape index (κ2) is 5.16. The largest absolute Gasteiger partial charge is 0.145 e. The Balaban J connectivity index is 2.92. The third-order valence-corrected chi connectivity index (χ3v) is 3.56. The highest BCUT2D eigenvalue weighted by Crippen LogP contribution is 2.32. The molecule has 0 unspecified atom stereocenters. The molecule has 0 saturated heterocycles. The lowest BCUT2D eigenvalue weighted by atomic mass is 9.95. The Morgan fingerprint density at radius 1 is 1.57 bits per heavy atom. The number of rotatable bonds is 4. The third kappa shape index (κ3) is 2.58. The SMILES string of the molecule is C=CC=C(C)[C@H](CC)c1ccc(C)s1. The fourth-order valence-electron chi connectivity index (χ4n) is 1.69. The van der Waals surface area contributed by atoms with Gasteiger partial charge in [0.25, 0.3) is 0 Å². The molecule has 0 aliphatic heterocycles. The van der Waals surface area contributed by atoms with Crippen LogP contribution in [0.2, 0.25) is 0 Å². The summed E-state index contributed by atoms with van der Waals surface area (Å²) in [6, 6.07) is 4.44. The molecule has 0 amide bonds. The second-order valence-corrected chi connectivity index (χ2v) is 4.88. The van der Waals surface area contributed by atoms with Crippen LogP contribution in [0.1, 0.15) is 35.9 Å². The lowest BCUT2D eigenvalue weighted by Gasteiger charge is -2.13. The van der Waals surface area contributed by atoms with E-state index in [-0.39, 0.29) is 0 Å². The Morgan fingerprint density at radius 2 is 2.29 bits per heavy atom. The maximum absolute atomic E-state index is 3.74. The monoisotopic (exact) mass is 206 g/mol. The molecule has 1 heteroatoms. The van der Waals surface area contributed by atoms with Crippen molar-refractivity contribution >= 4 is 11.3 Å². The van der Waals surface area contributed by atoms with Crippen molar-refractivity contribution < 1.29 is 0 Å². The molecule has 1 heterocycles. The van der Waals surface area contributed by atoms with Crippen LogP contribution in [0.25, 0.3) is 0 Å². The van der Waals surface area contributed by atoms with Gasteiger partial charge in [0.15, 0.2) is 0 Å². The molecule has 0 bridgehead atoms. The molecule has 0 saturated carbocycles. The van der Waals surface area contributed by atoms with Crippen LogP contribution >= 0.6 is 11.3 Å². The van der Waals surface area contributed by atoms with Crippen LogP contribution in [-0.2, 0) is 0 Å². The van der Waals surface area contributed by atoms with Gasteiger partial charge in [-0.25, -0.2) is 0 Å². The predicted octanol–water partition coefficient (Wildman–Crippen LogP) is 4.68. The molecule has 0 aliphatic rings. The maximum atomic E-state index is 3.74. The molecule has 1 rings (SSSR count). The summed E-state index contributed by atoms with van der Waals surface area (Å²) in [5, 5.41) is 0. The summed E-state index contributed by atoms with van der Waals surface area (Å²) >= 11 is 1.90. The van der Waals surface area contributed by atoms with Crippen molar-refractivity contribution in [2.45, 2.75) is 33.1 Å². The van der Waals surface area contributed by atoms with Gasteiger partial charge in [0.05, 0.1) is 0 Å². The van der Waals surface area contributed by atoms with Crippen LogP contribution in [0.5, 0.6) is 0 Å². The quantitative estimate of drug-likeness (QED) is 0.627. The highest BCUT2D eigenvalue weighted by Gasteiger charge is 2.12. The molecule has 1 aromatic heterocycles. The molecule has 0 spiro atoms. The van der Waals surface area contributed by atoms with Crippen molar-refractivity contribution in [3.63, 3.8) is 0 Å². The first kappa shape index (κ1) is 11.3. The van der Waals surface area contributed by atoms with Crippen molar-refractivity contribution in [2.24, 2.45) is 0 Å². The first-order valence-corrected chi connectivity index (χ1v) is 5.86. The number of thiophene rings is 1. The van der Waals surface area contributed by atoms with Crippen molar-refractivity contribution in [3.05, 3.63) is 46.2 Å². The summed E-state index contributed by atoms with van der Waals surface area (Å²) in [4.78, 5) is 2.87. The highest BCUT2D eigenvalue weighted by molar-refractivity contribution is 7.12. The Labute approximate surface area is 91.0 Å². The fourth-order valence-corrected chi connectivity index (χ4v) is 2.83. The van der Waals surface area contributed by atoms with Gasteiger partial charge in [-0.3, -0.25) is 0 Å². The summed E-state index contributed by atoms with van der Waals surface area (Å²) in [5.41, 5.74) is 1.41. The van der Waals surface area contributed by atoms with Gasteiger partial charge in [-0.05, 0) is 32.4 Å². The van der Waals surface area contributed by atoms with E-state index < -0.39 is 0 Å². The number of hydrogen-bond acceptors (Lipinski definition) is 1. The second-order valence-electron chi connectivity index (χ2n) is 3.56. The van der Waals surface area contributed by atoms with E-state index in [1.807, 2.05) is 17.4 Å². The Bertz CT molecular complexity index is 331. The minimum absolute atomic E-state index is 0.576. The normalized spacial score (nSPS) is 14.1. The topological polar surface area (TPSA) is 0 Å². The van der Waals surface area contributed by atoms with Gasteiger partial charge >= 0.3 is 0 Å². The van der Waals surface area contributed by atoms with E-state index in [0.29, 0.717) is 5.92 Å². The van der Waals surface area contributed by atoms with Crippen molar-refractivity contribution in [3.8, 4) is 0 Å². The van der Waals surface area contributed by atoms with E-state index >= 15 is 0 Å². The van der Waals surface area contributed by atoms with Gasteiger partial charge in [0.1, 0.15) is 0 Å². The van der Waals surface area contributed by atoms with Gasteiger partial charge < -0.3 is 0 Å². The summed E-state index contributed by atoms with van der Waals surface area (Å²) in [7, 11) is 0. The smallest absolute Gasteiger partial charge is 0.0140 e. The summed E-state index contributed by atoms with van der Waals surface area (Å²) < 4.78 is 0. The first-order chi connectivity index (χ1) is 6.69. The summed E-state index contributed by atoms with van der Waals surface area (Å²) in [6.45, 7) is 10.3. The Kier molecular flexibility index (Phi) is 4.15. The zero-order chi connectivity index (χ0) is 10.6. The van der Waals surface area contributed by atoms with E-state index in [9.17, 15) is 0 Å². The van der Waals surface area contributed by atoms with E-state index in [2.05, 4.69) is 45.6 Å². The predicted molar refractivity (Wildman–Crippen MR) is 66.0 cm³/mol. The van der Waals surface area contributed by atoms with E-state index in [4.69, 9.17) is 0 Å². The zero-order valence-electron chi connectivity index (χ0n) is 9.21. The molecule has 1 aromatic rings. The average Bonchev–Trinajstić information content (AvgIpc) is 2.54. The van der Waals surface area contributed by atoms with Crippen LogP contribution < -0.4 is 0 Å². The molecule has 0 aliphatic carbocycles. The van der Waals surface area contributed by atoms with Gasteiger partial charge in [-0.15, -0.1) is 11.3 Å². The lowest BCUT2D eigenvalue weighted by molar-refractivity contribution is 0.774. The number of allylic oxidation sites excluding steroid dienone is 3. The molecule has 0 N–H and O–H groups in total. The summed E-state index contributed by atoms with van der Waals surface area (Å²) in [5.74, 6) is 0.576. The minimum Gasteiger partial charge on any atom is -0.145 e. The Morgan fingerprint density at radius 3 is 2.71 bits per heavy atom. The molecule has 76 valence electrons. The molecular weight excluding hydrogens is 188 g/mol. The molecule has 14 heavy (non-hydrogen) atoms. The van der Waals surface area contributed by atoms with Crippen molar-refractivity contribution in [2.75, 3.05) is 0 Å². The molecule has 0 aromatic carbocycles. The lowest BCUT2D eigenvalue weighted by Crippen LogP contribution is -1.95. The molecule has 0 radical (unpaired) electrons. The molecular formula is C13H18S. The standard InChI is InChI=1S/C13H18S/c1-5-7-10(3)12(6-2)13-9-8-11(4)14-13/h5,7-9,12H,1,6H2,2-4H3/t12-/m0/s1. The van der Waals surface area contributed by atoms with Crippen LogP contribution in [0, 0.1) is 6.92 Å². The van der Waals surface area contributed by atoms with Crippen LogP contribution in [0.3, 0.4) is 0 Å². The number of aryl methyl sites for hydroxylation is 1. The minimum atomic E-state index is 0.576. The van der Waals surface area contributed by atoms with Crippen LogP contribution in [-0.4, -0.2) is 0 Å². The van der Waals surface area contributed by atoms with Crippen molar-refractivity contribution in [1.29, 1.82) is 0 Å².